The third-order valence-electron chi connectivity index (χ3n) is 4.51. The van der Waals surface area contributed by atoms with E-state index in [4.69, 9.17) is 4.74 Å². The first-order chi connectivity index (χ1) is 12.8. The van der Waals surface area contributed by atoms with E-state index < -0.39 is 11.8 Å². The monoisotopic (exact) mass is 368 g/mol. The van der Waals surface area contributed by atoms with Crippen molar-refractivity contribution in [1.29, 1.82) is 0 Å². The number of methoxy groups -OCH3 is 1. The van der Waals surface area contributed by atoms with Crippen LogP contribution < -0.4 is 15.4 Å². The fourth-order valence-corrected chi connectivity index (χ4v) is 2.90. The van der Waals surface area contributed by atoms with E-state index in [1.54, 1.807) is 12.1 Å². The lowest BCUT2D eigenvalue weighted by Gasteiger charge is -2.23. The molecule has 0 aliphatic heterocycles. The average molecular weight is 368 g/mol. The second kappa shape index (κ2) is 9.21. The Kier molecular flexibility index (Phi) is 6.99. The number of hydrogen-bond acceptors (Lipinski definition) is 3. The molecule has 0 heterocycles. The number of nitrogens with one attached hydrogen (secondary N) is 2. The number of amides is 2. The van der Waals surface area contributed by atoms with Crippen molar-refractivity contribution in [3.05, 3.63) is 59.2 Å². The Labute approximate surface area is 161 Å². The highest BCUT2D eigenvalue weighted by Gasteiger charge is 2.23. The van der Waals surface area contributed by atoms with Gasteiger partial charge in [-0.25, -0.2) is 0 Å². The van der Waals surface area contributed by atoms with E-state index in [0.717, 1.165) is 17.5 Å². The van der Waals surface area contributed by atoms with Gasteiger partial charge in [0.2, 0.25) is 0 Å². The maximum Gasteiger partial charge on any atom is 0.313 e. The molecule has 1 unspecified atom stereocenters. The summed E-state index contributed by atoms with van der Waals surface area (Å²) in [5.41, 5.74) is 3.65. The number of aryl methyl sites for hydroxylation is 2. The minimum absolute atomic E-state index is 0.141. The van der Waals surface area contributed by atoms with E-state index in [9.17, 15) is 9.59 Å². The van der Waals surface area contributed by atoms with Crippen molar-refractivity contribution >= 4 is 17.5 Å². The predicted octanol–water partition coefficient (Wildman–Crippen LogP) is 4.02. The fourth-order valence-electron chi connectivity index (χ4n) is 2.90. The summed E-state index contributed by atoms with van der Waals surface area (Å²) in [5.74, 6) is -0.730. The Bertz CT molecular complexity index is 798. The molecule has 2 amide bonds. The van der Waals surface area contributed by atoms with Gasteiger partial charge < -0.3 is 15.4 Å². The standard InChI is InChI=1S/C22H28N2O3/c1-6-16-8-10-17(11-9-16)20(14(2)3)24-22(26)21(25)23-18-13-15(4)7-12-19(18)27-5/h7-14,20H,6H2,1-5H3,(H,23,25)(H,24,26). The zero-order valence-electron chi connectivity index (χ0n) is 16.6. The highest BCUT2D eigenvalue weighted by atomic mass is 16.5. The van der Waals surface area contributed by atoms with Crippen LogP contribution in [0.4, 0.5) is 5.69 Å². The van der Waals surface area contributed by atoms with Gasteiger partial charge in [-0.15, -0.1) is 0 Å². The summed E-state index contributed by atoms with van der Waals surface area (Å²) < 4.78 is 5.24. The maximum atomic E-state index is 12.5. The van der Waals surface area contributed by atoms with Gasteiger partial charge in [-0.3, -0.25) is 9.59 Å². The normalized spacial score (nSPS) is 11.8. The number of ether oxygens (including phenoxy) is 1. The molecule has 0 saturated heterocycles. The van der Waals surface area contributed by atoms with Gasteiger partial charge in [-0.2, -0.15) is 0 Å². The average Bonchev–Trinajstić information content (AvgIpc) is 2.66. The molecule has 2 N–H and O–H groups in total. The van der Waals surface area contributed by atoms with Crippen LogP contribution in [0.25, 0.3) is 0 Å². The SMILES string of the molecule is CCc1ccc(C(NC(=O)C(=O)Nc2cc(C)ccc2OC)C(C)C)cc1. The number of rotatable bonds is 6. The molecule has 0 spiro atoms. The largest absolute Gasteiger partial charge is 0.495 e. The highest BCUT2D eigenvalue weighted by Crippen LogP contribution is 2.26. The third-order valence-corrected chi connectivity index (χ3v) is 4.51. The van der Waals surface area contributed by atoms with Gasteiger partial charge in [0.15, 0.2) is 0 Å². The van der Waals surface area contributed by atoms with Crippen LogP contribution in [-0.4, -0.2) is 18.9 Å². The third kappa shape index (κ3) is 5.33. The number of carbonyl (C=O) groups is 2. The number of anilines is 1. The van der Waals surface area contributed by atoms with Gasteiger partial charge in [0.25, 0.3) is 0 Å². The molecule has 2 rings (SSSR count). The molecule has 0 radical (unpaired) electrons. The Morgan fingerprint density at radius 3 is 2.26 bits per heavy atom. The van der Waals surface area contributed by atoms with E-state index in [-0.39, 0.29) is 12.0 Å². The van der Waals surface area contributed by atoms with Crippen LogP contribution in [0.2, 0.25) is 0 Å². The lowest BCUT2D eigenvalue weighted by Crippen LogP contribution is -2.39. The Balaban J connectivity index is 2.12. The molecule has 0 aliphatic rings. The Morgan fingerprint density at radius 2 is 1.70 bits per heavy atom. The van der Waals surface area contributed by atoms with E-state index in [2.05, 4.69) is 29.7 Å². The predicted molar refractivity (Wildman–Crippen MR) is 108 cm³/mol. The smallest absolute Gasteiger partial charge is 0.313 e. The van der Waals surface area contributed by atoms with Gasteiger partial charge in [-0.05, 0) is 48.1 Å². The molecule has 27 heavy (non-hydrogen) atoms. The molecule has 5 nitrogen and oxygen atoms in total. The zero-order valence-corrected chi connectivity index (χ0v) is 16.6. The summed E-state index contributed by atoms with van der Waals surface area (Å²) >= 11 is 0. The number of hydrogen-bond donors (Lipinski definition) is 2. The summed E-state index contributed by atoms with van der Waals surface area (Å²) in [6.45, 7) is 8.03. The number of carbonyl (C=O) groups excluding carboxylic acids is 2. The van der Waals surface area contributed by atoms with Crippen molar-refractivity contribution in [3.8, 4) is 5.75 Å². The van der Waals surface area contributed by atoms with Crippen LogP contribution in [0.1, 0.15) is 43.5 Å². The Hall–Kier alpha value is -2.82. The van der Waals surface area contributed by atoms with E-state index in [1.807, 2.05) is 39.0 Å². The first kappa shape index (κ1) is 20.5. The molecule has 0 saturated carbocycles. The maximum absolute atomic E-state index is 12.5. The molecule has 2 aromatic carbocycles. The van der Waals surface area contributed by atoms with Crippen LogP contribution >= 0.6 is 0 Å². The second-order valence-corrected chi connectivity index (χ2v) is 6.95. The molecule has 1 atom stereocenters. The van der Waals surface area contributed by atoms with E-state index in [0.29, 0.717) is 11.4 Å². The van der Waals surface area contributed by atoms with Crippen LogP contribution in [0, 0.1) is 12.8 Å². The van der Waals surface area contributed by atoms with Crippen molar-refractivity contribution in [2.24, 2.45) is 5.92 Å². The van der Waals surface area contributed by atoms with Crippen molar-refractivity contribution in [3.63, 3.8) is 0 Å². The lowest BCUT2D eigenvalue weighted by molar-refractivity contribution is -0.136. The van der Waals surface area contributed by atoms with Crippen LogP contribution in [0.15, 0.2) is 42.5 Å². The zero-order chi connectivity index (χ0) is 20.0. The fraction of sp³-hybridized carbons (Fsp3) is 0.364. The molecular formula is C22H28N2O3. The topological polar surface area (TPSA) is 67.4 Å². The number of benzene rings is 2. The molecule has 0 aliphatic carbocycles. The lowest BCUT2D eigenvalue weighted by atomic mass is 9.95. The summed E-state index contributed by atoms with van der Waals surface area (Å²) in [7, 11) is 1.52. The molecular weight excluding hydrogens is 340 g/mol. The van der Waals surface area contributed by atoms with Gasteiger partial charge in [0, 0.05) is 0 Å². The van der Waals surface area contributed by atoms with Crippen molar-refractivity contribution in [2.45, 2.75) is 40.2 Å². The molecule has 0 aromatic heterocycles. The van der Waals surface area contributed by atoms with Crippen LogP contribution in [0.3, 0.4) is 0 Å². The summed E-state index contributed by atoms with van der Waals surface area (Å²) in [4.78, 5) is 24.9. The van der Waals surface area contributed by atoms with Gasteiger partial charge in [-0.1, -0.05) is 51.1 Å². The molecule has 0 fully saturated rings. The minimum atomic E-state index is -0.713. The molecule has 0 bridgehead atoms. The summed E-state index contributed by atoms with van der Waals surface area (Å²) in [6.07, 6.45) is 0.958. The van der Waals surface area contributed by atoms with E-state index in [1.165, 1.54) is 12.7 Å². The Morgan fingerprint density at radius 1 is 1.04 bits per heavy atom. The van der Waals surface area contributed by atoms with Crippen LogP contribution in [-0.2, 0) is 16.0 Å². The summed E-state index contributed by atoms with van der Waals surface area (Å²) in [5, 5.41) is 5.49. The molecule has 5 heteroatoms. The first-order valence-corrected chi connectivity index (χ1v) is 9.21. The van der Waals surface area contributed by atoms with E-state index >= 15 is 0 Å². The van der Waals surface area contributed by atoms with Crippen molar-refractivity contribution < 1.29 is 14.3 Å². The molecule has 144 valence electrons. The van der Waals surface area contributed by atoms with Gasteiger partial charge in [0.1, 0.15) is 5.75 Å². The first-order valence-electron chi connectivity index (χ1n) is 9.21. The summed E-state index contributed by atoms with van der Waals surface area (Å²) in [6, 6.07) is 13.3. The van der Waals surface area contributed by atoms with Crippen LogP contribution in [0.5, 0.6) is 5.75 Å². The second-order valence-electron chi connectivity index (χ2n) is 6.95. The quantitative estimate of drug-likeness (QED) is 0.757. The minimum Gasteiger partial charge on any atom is -0.495 e. The van der Waals surface area contributed by atoms with Crippen molar-refractivity contribution in [2.75, 3.05) is 12.4 Å². The van der Waals surface area contributed by atoms with Gasteiger partial charge in [0.05, 0.1) is 18.8 Å². The highest BCUT2D eigenvalue weighted by molar-refractivity contribution is 6.39. The van der Waals surface area contributed by atoms with Crippen molar-refractivity contribution in [1.82, 2.24) is 5.32 Å². The molecule has 2 aromatic rings. The van der Waals surface area contributed by atoms with Gasteiger partial charge >= 0.3 is 11.8 Å².